The minimum absolute atomic E-state index is 0.0566. The smallest absolute Gasteiger partial charge is 0.372 e. The minimum atomic E-state index is -1.54. The van der Waals surface area contributed by atoms with Crippen molar-refractivity contribution >= 4 is 22.7 Å². The van der Waals surface area contributed by atoms with Crippen LogP contribution in [0, 0.1) is 0 Å². The normalized spacial score (nSPS) is 10.4. The molecule has 86 valence electrons. The van der Waals surface area contributed by atoms with Gasteiger partial charge in [-0.05, 0) is 12.1 Å². The Bertz CT molecular complexity index is 653. The van der Waals surface area contributed by atoms with Crippen molar-refractivity contribution in [3.8, 4) is 0 Å². The van der Waals surface area contributed by atoms with E-state index in [1.165, 1.54) is 0 Å². The second kappa shape index (κ2) is 4.21. The van der Waals surface area contributed by atoms with Gasteiger partial charge in [-0.2, -0.15) is 0 Å². The summed E-state index contributed by atoms with van der Waals surface area (Å²) in [4.78, 5) is 33.0. The van der Waals surface area contributed by atoms with E-state index in [9.17, 15) is 14.4 Å². The summed E-state index contributed by atoms with van der Waals surface area (Å²) in [7, 11) is 0. The molecule has 0 amide bonds. The van der Waals surface area contributed by atoms with E-state index < -0.39 is 18.2 Å². The van der Waals surface area contributed by atoms with Crippen LogP contribution in [-0.4, -0.2) is 16.9 Å². The van der Waals surface area contributed by atoms with Crippen molar-refractivity contribution in [3.05, 3.63) is 46.3 Å². The topological polar surface area (TPSA) is 84.6 Å². The van der Waals surface area contributed by atoms with E-state index in [-0.39, 0.29) is 11.2 Å². The van der Waals surface area contributed by atoms with Crippen LogP contribution in [0.5, 0.6) is 0 Å². The summed E-state index contributed by atoms with van der Waals surface area (Å²) in [5.74, 6) is -2.50. The lowest BCUT2D eigenvalue weighted by atomic mass is 10.2. The molecule has 0 unspecified atom stereocenters. The van der Waals surface area contributed by atoms with E-state index in [1.54, 1.807) is 24.3 Å². The van der Waals surface area contributed by atoms with Gasteiger partial charge in [-0.1, -0.05) is 12.1 Å². The summed E-state index contributed by atoms with van der Waals surface area (Å²) < 4.78 is 5.28. The maximum absolute atomic E-state index is 11.6. The number of ketones is 1. The van der Waals surface area contributed by atoms with E-state index in [0.29, 0.717) is 11.0 Å². The Morgan fingerprint density at radius 1 is 1.24 bits per heavy atom. The lowest BCUT2D eigenvalue weighted by Gasteiger charge is -2.00. The van der Waals surface area contributed by atoms with Gasteiger partial charge in [0.2, 0.25) is 5.78 Å². The fourth-order valence-electron chi connectivity index (χ4n) is 1.47. The molecule has 1 heterocycles. The average molecular weight is 232 g/mol. The second-order valence-corrected chi connectivity index (χ2v) is 3.48. The van der Waals surface area contributed by atoms with E-state index in [4.69, 9.17) is 9.52 Å². The summed E-state index contributed by atoms with van der Waals surface area (Å²) in [5.41, 5.74) is 0.0493. The van der Waals surface area contributed by atoms with Gasteiger partial charge in [0.25, 0.3) is 0 Å². The zero-order valence-corrected chi connectivity index (χ0v) is 8.67. The molecule has 0 radical (unpaired) electrons. The molecule has 17 heavy (non-hydrogen) atoms. The van der Waals surface area contributed by atoms with Gasteiger partial charge < -0.3 is 9.52 Å². The van der Waals surface area contributed by atoms with Gasteiger partial charge in [-0.3, -0.25) is 9.59 Å². The molecule has 2 aromatic rings. The molecule has 5 nitrogen and oxygen atoms in total. The van der Waals surface area contributed by atoms with Crippen LogP contribution < -0.4 is 5.43 Å². The summed E-state index contributed by atoms with van der Waals surface area (Å²) >= 11 is 0. The number of carbonyl (C=O) groups excluding carboxylic acids is 1. The molecule has 0 saturated heterocycles. The third-order valence-electron chi connectivity index (χ3n) is 2.26. The molecular formula is C12H8O5. The van der Waals surface area contributed by atoms with Gasteiger partial charge in [0.1, 0.15) is 11.3 Å². The van der Waals surface area contributed by atoms with E-state index >= 15 is 0 Å². The van der Waals surface area contributed by atoms with Crippen LogP contribution in [0.2, 0.25) is 0 Å². The predicted molar refractivity (Wildman–Crippen MR) is 58.8 cm³/mol. The highest BCUT2D eigenvalue weighted by Crippen LogP contribution is 2.12. The Labute approximate surface area is 95.3 Å². The summed E-state index contributed by atoms with van der Waals surface area (Å²) in [6, 6.07) is 7.72. The molecular weight excluding hydrogens is 224 g/mol. The SMILES string of the molecule is O=C(O)C(=O)Cc1cc(=O)c2ccccc2o1. The number of carboxylic acids is 1. The van der Waals surface area contributed by atoms with Crippen LogP contribution in [0.4, 0.5) is 0 Å². The maximum atomic E-state index is 11.6. The van der Waals surface area contributed by atoms with Crippen LogP contribution in [0.3, 0.4) is 0 Å². The lowest BCUT2D eigenvalue weighted by molar-refractivity contribution is -0.148. The number of hydrogen-bond acceptors (Lipinski definition) is 4. The highest BCUT2D eigenvalue weighted by atomic mass is 16.4. The monoisotopic (exact) mass is 232 g/mol. The summed E-state index contributed by atoms with van der Waals surface area (Å²) in [6.45, 7) is 0. The number of carbonyl (C=O) groups is 2. The molecule has 0 aliphatic heterocycles. The van der Waals surface area contributed by atoms with Crippen LogP contribution >= 0.6 is 0 Å². The number of aliphatic carboxylic acids is 1. The Hall–Kier alpha value is -2.43. The number of carboxylic acid groups (broad SMARTS) is 1. The fraction of sp³-hybridized carbons (Fsp3) is 0.0833. The van der Waals surface area contributed by atoms with Crippen molar-refractivity contribution in [3.63, 3.8) is 0 Å². The molecule has 1 aromatic carbocycles. The van der Waals surface area contributed by atoms with Crippen molar-refractivity contribution in [1.82, 2.24) is 0 Å². The van der Waals surface area contributed by atoms with E-state index in [2.05, 4.69) is 0 Å². The Morgan fingerprint density at radius 2 is 1.94 bits per heavy atom. The van der Waals surface area contributed by atoms with Gasteiger partial charge >= 0.3 is 5.97 Å². The van der Waals surface area contributed by atoms with Crippen LogP contribution in [-0.2, 0) is 16.0 Å². The molecule has 0 aliphatic carbocycles. The molecule has 1 N–H and O–H groups in total. The number of fused-ring (bicyclic) bond motifs is 1. The average Bonchev–Trinajstić information content (AvgIpc) is 2.29. The van der Waals surface area contributed by atoms with Gasteiger partial charge in [-0.25, -0.2) is 4.79 Å². The second-order valence-electron chi connectivity index (χ2n) is 3.48. The molecule has 1 aromatic heterocycles. The number of para-hydroxylation sites is 1. The highest BCUT2D eigenvalue weighted by Gasteiger charge is 2.14. The van der Waals surface area contributed by atoms with Gasteiger partial charge in [0.05, 0.1) is 11.8 Å². The Balaban J connectivity index is 2.47. The molecule has 0 aliphatic rings. The number of Topliss-reactive ketones (excluding diaryl/α,β-unsaturated/α-hetero) is 1. The van der Waals surface area contributed by atoms with Gasteiger partial charge in [0.15, 0.2) is 5.43 Å². The van der Waals surface area contributed by atoms with Crippen LogP contribution in [0.25, 0.3) is 11.0 Å². The minimum Gasteiger partial charge on any atom is -0.475 e. The number of hydrogen-bond donors (Lipinski definition) is 1. The number of benzene rings is 1. The standard InChI is InChI=1S/C12H8O5/c13-9-5-7(6-10(14)12(15)16)17-11-4-2-1-3-8(9)11/h1-5H,6H2,(H,15,16). The first kappa shape index (κ1) is 11.1. The van der Waals surface area contributed by atoms with E-state index in [0.717, 1.165) is 6.07 Å². The lowest BCUT2D eigenvalue weighted by Crippen LogP contribution is -2.16. The maximum Gasteiger partial charge on any atom is 0.372 e. The third-order valence-corrected chi connectivity index (χ3v) is 2.26. The van der Waals surface area contributed by atoms with E-state index in [1.807, 2.05) is 0 Å². The van der Waals surface area contributed by atoms with Gasteiger partial charge in [0, 0.05) is 6.07 Å². The Kier molecular flexibility index (Phi) is 2.74. The molecule has 0 spiro atoms. The molecule has 2 rings (SSSR count). The zero-order valence-electron chi connectivity index (χ0n) is 8.67. The predicted octanol–water partition coefficient (Wildman–Crippen LogP) is 0.989. The first-order valence-electron chi connectivity index (χ1n) is 4.86. The van der Waals surface area contributed by atoms with Crippen LogP contribution in [0.1, 0.15) is 5.76 Å². The first-order chi connectivity index (χ1) is 8.08. The molecule has 0 fully saturated rings. The van der Waals surface area contributed by atoms with Crippen molar-refractivity contribution < 1.29 is 19.1 Å². The molecule has 5 heteroatoms. The first-order valence-corrected chi connectivity index (χ1v) is 4.86. The van der Waals surface area contributed by atoms with Crippen molar-refractivity contribution in [2.24, 2.45) is 0 Å². The molecule has 0 bridgehead atoms. The summed E-state index contributed by atoms with van der Waals surface area (Å²) in [5, 5.41) is 8.86. The zero-order chi connectivity index (χ0) is 12.4. The number of rotatable bonds is 3. The fourth-order valence-corrected chi connectivity index (χ4v) is 1.47. The van der Waals surface area contributed by atoms with Gasteiger partial charge in [-0.15, -0.1) is 0 Å². The van der Waals surface area contributed by atoms with Crippen molar-refractivity contribution in [1.29, 1.82) is 0 Å². The Morgan fingerprint density at radius 3 is 2.65 bits per heavy atom. The molecule has 0 atom stereocenters. The summed E-state index contributed by atoms with van der Waals surface area (Å²) in [6.07, 6.45) is -0.421. The molecule has 0 saturated carbocycles. The highest BCUT2D eigenvalue weighted by molar-refractivity contribution is 6.33. The largest absolute Gasteiger partial charge is 0.475 e. The van der Waals surface area contributed by atoms with Crippen LogP contribution in [0.15, 0.2) is 39.5 Å². The van der Waals surface area contributed by atoms with Crippen molar-refractivity contribution in [2.75, 3.05) is 0 Å². The third kappa shape index (κ3) is 2.23. The van der Waals surface area contributed by atoms with Crippen molar-refractivity contribution in [2.45, 2.75) is 6.42 Å². The quantitative estimate of drug-likeness (QED) is 0.797.